The quantitative estimate of drug-likeness (QED) is 0.825. The van der Waals surface area contributed by atoms with E-state index in [0.717, 1.165) is 37.1 Å². The fourth-order valence-corrected chi connectivity index (χ4v) is 5.94. The van der Waals surface area contributed by atoms with Crippen molar-refractivity contribution in [1.82, 2.24) is 10.2 Å². The number of halogens is 1. The maximum absolute atomic E-state index is 13.2. The Morgan fingerprint density at radius 1 is 1.15 bits per heavy atom. The van der Waals surface area contributed by atoms with E-state index in [-0.39, 0.29) is 17.6 Å². The number of carbonyl (C=O) groups excluding carboxylic acids is 1. The first-order valence-corrected chi connectivity index (χ1v) is 11.0. The van der Waals surface area contributed by atoms with Gasteiger partial charge in [-0.05, 0) is 69.7 Å². The number of nitrogens with zero attached hydrogens (tertiary/aromatic N) is 1. The number of fused-ring (bicyclic) bond motifs is 4. The monoisotopic (exact) mass is 388 g/mol. The van der Waals surface area contributed by atoms with E-state index in [1.807, 2.05) is 6.07 Å². The molecule has 1 N–H and O–H groups in total. The van der Waals surface area contributed by atoms with Gasteiger partial charge < -0.3 is 15.0 Å². The van der Waals surface area contributed by atoms with Crippen LogP contribution in [0.2, 0.25) is 5.02 Å². The molecule has 5 aliphatic rings. The van der Waals surface area contributed by atoms with E-state index in [2.05, 4.69) is 10.2 Å². The summed E-state index contributed by atoms with van der Waals surface area (Å²) in [6.45, 7) is 3.33. The molecule has 2 bridgehead atoms. The van der Waals surface area contributed by atoms with Crippen molar-refractivity contribution < 1.29 is 9.53 Å². The lowest BCUT2D eigenvalue weighted by Crippen LogP contribution is -2.57. The summed E-state index contributed by atoms with van der Waals surface area (Å²) < 4.78 is 6.54. The second kappa shape index (κ2) is 6.97. The lowest BCUT2D eigenvalue weighted by atomic mass is 9.84. The molecule has 0 radical (unpaired) electrons. The summed E-state index contributed by atoms with van der Waals surface area (Å²) >= 11 is 6.39. The van der Waals surface area contributed by atoms with Gasteiger partial charge in [-0.25, -0.2) is 0 Å². The molecule has 146 valence electrons. The largest absolute Gasteiger partial charge is 0.486 e. The fourth-order valence-electron chi connectivity index (χ4n) is 5.70. The molecule has 27 heavy (non-hydrogen) atoms. The van der Waals surface area contributed by atoms with E-state index < -0.39 is 0 Å². The summed E-state index contributed by atoms with van der Waals surface area (Å²) in [5.74, 6) is 1.39. The van der Waals surface area contributed by atoms with Gasteiger partial charge in [-0.1, -0.05) is 24.4 Å². The van der Waals surface area contributed by atoms with E-state index in [1.165, 1.54) is 51.6 Å². The third-order valence-electron chi connectivity index (χ3n) is 7.19. The van der Waals surface area contributed by atoms with Crippen LogP contribution in [0, 0.1) is 5.92 Å². The molecule has 1 atom stereocenters. The second-order valence-corrected chi connectivity index (χ2v) is 9.47. The summed E-state index contributed by atoms with van der Waals surface area (Å²) in [5, 5.41) is 3.95. The molecular weight excluding hydrogens is 360 g/mol. The molecule has 4 nitrogen and oxygen atoms in total. The van der Waals surface area contributed by atoms with Crippen LogP contribution in [0.5, 0.6) is 5.75 Å². The van der Waals surface area contributed by atoms with Gasteiger partial charge in [0.1, 0.15) is 11.4 Å². The first kappa shape index (κ1) is 17.8. The highest BCUT2D eigenvalue weighted by molar-refractivity contribution is 6.31. The van der Waals surface area contributed by atoms with Crippen molar-refractivity contribution >= 4 is 17.5 Å². The molecule has 0 aromatic heterocycles. The van der Waals surface area contributed by atoms with Crippen molar-refractivity contribution in [3.8, 4) is 5.75 Å². The molecule has 1 aliphatic carbocycles. The van der Waals surface area contributed by atoms with Crippen molar-refractivity contribution in [2.24, 2.45) is 5.92 Å². The molecule has 1 spiro atoms. The third-order valence-corrected chi connectivity index (χ3v) is 7.41. The zero-order valence-corrected chi connectivity index (χ0v) is 16.7. The van der Waals surface area contributed by atoms with Crippen LogP contribution in [0.25, 0.3) is 0 Å². The maximum atomic E-state index is 13.2. The van der Waals surface area contributed by atoms with Crippen molar-refractivity contribution in [2.45, 2.75) is 69.4 Å². The number of benzene rings is 1. The van der Waals surface area contributed by atoms with Crippen LogP contribution < -0.4 is 10.1 Å². The highest BCUT2D eigenvalue weighted by atomic mass is 35.5. The van der Waals surface area contributed by atoms with Gasteiger partial charge >= 0.3 is 0 Å². The normalized spacial score (nSPS) is 31.2. The highest BCUT2D eigenvalue weighted by Gasteiger charge is 2.42. The molecule has 4 heterocycles. The van der Waals surface area contributed by atoms with Crippen molar-refractivity contribution in [2.75, 3.05) is 19.6 Å². The molecule has 1 unspecified atom stereocenters. The number of ether oxygens (including phenoxy) is 1. The Morgan fingerprint density at radius 3 is 2.56 bits per heavy atom. The van der Waals surface area contributed by atoms with Gasteiger partial charge in [0, 0.05) is 29.6 Å². The molecule has 1 aromatic rings. The summed E-state index contributed by atoms with van der Waals surface area (Å²) in [6.07, 6.45) is 10.4. The number of hydrogen-bond acceptors (Lipinski definition) is 3. The van der Waals surface area contributed by atoms with Crippen molar-refractivity contribution in [1.29, 1.82) is 0 Å². The minimum atomic E-state index is -0.117. The first-order chi connectivity index (χ1) is 13.1. The van der Waals surface area contributed by atoms with E-state index in [9.17, 15) is 4.79 Å². The van der Waals surface area contributed by atoms with Crippen LogP contribution in [-0.2, 0) is 6.42 Å². The number of carbonyl (C=O) groups is 1. The Bertz CT molecular complexity index is 734. The van der Waals surface area contributed by atoms with Crippen LogP contribution in [0.15, 0.2) is 12.1 Å². The Kier molecular flexibility index (Phi) is 4.60. The number of rotatable bonds is 2. The van der Waals surface area contributed by atoms with Gasteiger partial charge in [0.15, 0.2) is 0 Å². The summed E-state index contributed by atoms with van der Waals surface area (Å²) in [5.41, 5.74) is 1.63. The number of piperidine rings is 3. The van der Waals surface area contributed by atoms with Gasteiger partial charge in [0.05, 0.1) is 5.56 Å². The average Bonchev–Trinajstić information content (AvgIpc) is 2.86. The van der Waals surface area contributed by atoms with Crippen LogP contribution >= 0.6 is 11.6 Å². The molecule has 4 aliphatic heterocycles. The highest BCUT2D eigenvalue weighted by Crippen LogP contribution is 2.45. The van der Waals surface area contributed by atoms with Gasteiger partial charge in [0.2, 0.25) is 0 Å². The summed E-state index contributed by atoms with van der Waals surface area (Å²) in [7, 11) is 0. The minimum Gasteiger partial charge on any atom is -0.486 e. The maximum Gasteiger partial charge on any atom is 0.255 e. The lowest BCUT2D eigenvalue weighted by molar-refractivity contribution is 0.0602. The third kappa shape index (κ3) is 3.36. The molecule has 1 saturated carbocycles. The first-order valence-electron chi connectivity index (χ1n) is 10.7. The molecule has 6 rings (SSSR count). The van der Waals surface area contributed by atoms with Gasteiger partial charge in [0.25, 0.3) is 5.91 Å². The predicted octanol–water partition coefficient (Wildman–Crippen LogP) is 4.19. The summed E-state index contributed by atoms with van der Waals surface area (Å²) in [4.78, 5) is 15.6. The van der Waals surface area contributed by atoms with E-state index >= 15 is 0 Å². The molecule has 1 amide bonds. The lowest BCUT2D eigenvalue weighted by Gasteiger charge is -2.44. The smallest absolute Gasteiger partial charge is 0.255 e. The fraction of sp³-hybridized carbons (Fsp3) is 0.682. The Labute approximate surface area is 166 Å². The topological polar surface area (TPSA) is 41.6 Å². The Morgan fingerprint density at radius 2 is 1.89 bits per heavy atom. The van der Waals surface area contributed by atoms with Crippen molar-refractivity contribution in [3.63, 3.8) is 0 Å². The van der Waals surface area contributed by atoms with E-state index in [4.69, 9.17) is 16.3 Å². The molecule has 4 fully saturated rings. The zero-order chi connectivity index (χ0) is 18.4. The number of nitrogens with one attached hydrogen (secondary N) is 1. The van der Waals surface area contributed by atoms with Gasteiger partial charge in [-0.15, -0.1) is 0 Å². The molecular formula is C22H29ClN2O2. The van der Waals surface area contributed by atoms with Crippen LogP contribution in [0.4, 0.5) is 0 Å². The minimum absolute atomic E-state index is 0.0156. The number of hydrogen-bond donors (Lipinski definition) is 1. The molecule has 3 saturated heterocycles. The van der Waals surface area contributed by atoms with E-state index in [1.54, 1.807) is 6.07 Å². The summed E-state index contributed by atoms with van der Waals surface area (Å²) in [6, 6.07) is 4.05. The second-order valence-electron chi connectivity index (χ2n) is 9.04. The molecule has 1 aromatic carbocycles. The van der Waals surface area contributed by atoms with Crippen LogP contribution in [-0.4, -0.2) is 42.1 Å². The van der Waals surface area contributed by atoms with Gasteiger partial charge in [-0.3, -0.25) is 4.79 Å². The van der Waals surface area contributed by atoms with E-state index in [0.29, 0.717) is 16.5 Å². The predicted molar refractivity (Wildman–Crippen MR) is 107 cm³/mol. The Balaban J connectivity index is 1.39. The van der Waals surface area contributed by atoms with Gasteiger partial charge in [-0.2, -0.15) is 0 Å². The SMILES string of the molecule is O=C(NC1CN2CCC1CC2)c1cc(Cl)cc2c1OC1(CCCCCC1)C2. The van der Waals surface area contributed by atoms with Crippen LogP contribution in [0.3, 0.4) is 0 Å². The molecule has 5 heteroatoms. The average molecular weight is 389 g/mol. The van der Waals surface area contributed by atoms with Crippen LogP contribution in [0.1, 0.15) is 67.3 Å². The standard InChI is InChI=1S/C22H29ClN2O2/c23-17-11-16-13-22(7-3-1-2-4-8-22)27-20(16)18(12-17)21(26)24-19-14-25-9-5-15(19)6-10-25/h11-12,15,19H,1-10,13-14H2,(H,24,26). The zero-order valence-electron chi connectivity index (χ0n) is 15.9. The van der Waals surface area contributed by atoms with Crippen molar-refractivity contribution in [3.05, 3.63) is 28.3 Å². The number of amides is 1. The Hall–Kier alpha value is -1.26.